The predicted molar refractivity (Wildman–Crippen MR) is 91.3 cm³/mol. The van der Waals surface area contributed by atoms with E-state index in [1.807, 2.05) is 4.68 Å². The van der Waals surface area contributed by atoms with Crippen molar-refractivity contribution >= 4 is 0 Å². The van der Waals surface area contributed by atoms with Crippen molar-refractivity contribution in [1.82, 2.24) is 25.1 Å². The molecule has 3 rings (SSSR count). The van der Waals surface area contributed by atoms with E-state index in [4.69, 9.17) is 0 Å². The van der Waals surface area contributed by atoms with E-state index in [0.29, 0.717) is 0 Å². The fourth-order valence-corrected chi connectivity index (χ4v) is 3.29. The Balaban J connectivity index is 2.05. The number of benzene rings is 1. The summed E-state index contributed by atoms with van der Waals surface area (Å²) in [6.45, 7) is 10.8. The van der Waals surface area contributed by atoms with Crippen molar-refractivity contribution in [3.63, 3.8) is 0 Å². The lowest BCUT2D eigenvalue weighted by atomic mass is 9.99. The maximum atomic E-state index is 4.42. The largest absolute Gasteiger partial charge is 0.290 e. The fraction of sp³-hybridized carbons (Fsp3) is 0.611. The summed E-state index contributed by atoms with van der Waals surface area (Å²) in [5, 5.41) is 12.7. The lowest BCUT2D eigenvalue weighted by Gasteiger charge is -2.35. The molecule has 2 heterocycles. The van der Waals surface area contributed by atoms with Crippen molar-refractivity contribution in [3.8, 4) is 0 Å². The van der Waals surface area contributed by atoms with E-state index in [1.165, 1.54) is 30.4 Å². The molecule has 0 bridgehead atoms. The molecule has 2 aromatic rings. The van der Waals surface area contributed by atoms with Crippen LogP contribution in [0.3, 0.4) is 0 Å². The number of tetrazole rings is 1. The third-order valence-corrected chi connectivity index (χ3v) is 4.52. The number of aryl methyl sites for hydroxylation is 1. The molecule has 5 nitrogen and oxygen atoms in total. The minimum absolute atomic E-state index is 0.127. The van der Waals surface area contributed by atoms with Crippen LogP contribution in [0.25, 0.3) is 0 Å². The molecule has 0 aliphatic carbocycles. The third-order valence-electron chi connectivity index (χ3n) is 4.52. The molecule has 0 N–H and O–H groups in total. The molecule has 124 valence electrons. The average Bonchev–Trinajstić information content (AvgIpc) is 3.00. The van der Waals surface area contributed by atoms with Crippen LogP contribution in [-0.2, 0) is 5.54 Å². The average molecular weight is 313 g/mol. The second-order valence-corrected chi connectivity index (χ2v) is 7.53. The highest BCUT2D eigenvalue weighted by Crippen LogP contribution is 2.31. The Morgan fingerprint density at radius 1 is 1.00 bits per heavy atom. The SMILES string of the molecule is Cc1ccc([C@@H](c2nnnn2C(C)(C)C)N2CCCCC2)cc1. The van der Waals surface area contributed by atoms with E-state index in [2.05, 4.69) is 72.4 Å². The lowest BCUT2D eigenvalue weighted by Crippen LogP contribution is -2.38. The van der Waals surface area contributed by atoms with Gasteiger partial charge in [0.1, 0.15) is 0 Å². The number of nitrogens with zero attached hydrogens (tertiary/aromatic N) is 5. The van der Waals surface area contributed by atoms with Gasteiger partial charge in [0.25, 0.3) is 0 Å². The van der Waals surface area contributed by atoms with Gasteiger partial charge in [0, 0.05) is 0 Å². The van der Waals surface area contributed by atoms with Crippen LogP contribution >= 0.6 is 0 Å². The summed E-state index contributed by atoms with van der Waals surface area (Å²) in [5.74, 6) is 0.947. The van der Waals surface area contributed by atoms with Crippen LogP contribution in [0.2, 0.25) is 0 Å². The number of piperidine rings is 1. The number of hydrogen-bond donors (Lipinski definition) is 0. The second kappa shape index (κ2) is 6.40. The molecule has 0 amide bonds. The first-order valence-corrected chi connectivity index (χ1v) is 8.56. The molecule has 5 heteroatoms. The van der Waals surface area contributed by atoms with Gasteiger partial charge in [-0.15, -0.1) is 5.10 Å². The summed E-state index contributed by atoms with van der Waals surface area (Å²) in [6, 6.07) is 8.92. The van der Waals surface area contributed by atoms with Gasteiger partial charge in [-0.2, -0.15) is 0 Å². The van der Waals surface area contributed by atoms with Crippen molar-refractivity contribution in [2.45, 2.75) is 58.5 Å². The van der Waals surface area contributed by atoms with Crippen molar-refractivity contribution in [2.75, 3.05) is 13.1 Å². The van der Waals surface area contributed by atoms with Crippen LogP contribution in [0.4, 0.5) is 0 Å². The van der Waals surface area contributed by atoms with Gasteiger partial charge in [-0.25, -0.2) is 4.68 Å². The number of likely N-dealkylation sites (tertiary alicyclic amines) is 1. The zero-order valence-corrected chi connectivity index (χ0v) is 14.7. The number of aromatic nitrogens is 4. The molecule has 1 aromatic heterocycles. The Morgan fingerprint density at radius 2 is 1.65 bits per heavy atom. The summed E-state index contributed by atoms with van der Waals surface area (Å²) in [7, 11) is 0. The third kappa shape index (κ3) is 3.44. The highest BCUT2D eigenvalue weighted by atomic mass is 15.6. The van der Waals surface area contributed by atoms with Crippen LogP contribution < -0.4 is 0 Å². The second-order valence-electron chi connectivity index (χ2n) is 7.53. The maximum Gasteiger partial charge on any atom is 0.173 e. The minimum atomic E-state index is -0.127. The molecule has 1 aliphatic heterocycles. The van der Waals surface area contributed by atoms with Crippen LogP contribution in [-0.4, -0.2) is 38.2 Å². The van der Waals surface area contributed by atoms with E-state index in [0.717, 1.165) is 18.9 Å². The summed E-state index contributed by atoms with van der Waals surface area (Å²) in [5.41, 5.74) is 2.43. The van der Waals surface area contributed by atoms with Gasteiger partial charge < -0.3 is 0 Å². The van der Waals surface area contributed by atoms with Gasteiger partial charge in [0.05, 0.1) is 11.6 Å². The first-order valence-electron chi connectivity index (χ1n) is 8.56. The first-order chi connectivity index (χ1) is 11.0. The van der Waals surface area contributed by atoms with E-state index >= 15 is 0 Å². The molecular weight excluding hydrogens is 286 g/mol. The fourth-order valence-electron chi connectivity index (χ4n) is 3.29. The molecule has 0 spiro atoms. The van der Waals surface area contributed by atoms with Gasteiger partial charge in [-0.1, -0.05) is 36.2 Å². The van der Waals surface area contributed by atoms with Crippen molar-refractivity contribution in [3.05, 3.63) is 41.2 Å². The summed E-state index contributed by atoms with van der Waals surface area (Å²) >= 11 is 0. The Kier molecular flexibility index (Phi) is 4.48. The molecule has 0 unspecified atom stereocenters. The normalized spacial score (nSPS) is 18.1. The van der Waals surface area contributed by atoms with Gasteiger partial charge in [-0.05, 0) is 69.6 Å². The molecule has 0 radical (unpaired) electrons. The maximum absolute atomic E-state index is 4.42. The zero-order valence-electron chi connectivity index (χ0n) is 14.7. The van der Waals surface area contributed by atoms with E-state index in [-0.39, 0.29) is 11.6 Å². The number of rotatable bonds is 3. The monoisotopic (exact) mass is 313 g/mol. The Morgan fingerprint density at radius 3 is 2.26 bits per heavy atom. The Labute approximate surface area is 138 Å². The molecule has 0 saturated carbocycles. The highest BCUT2D eigenvalue weighted by molar-refractivity contribution is 5.28. The molecular formula is C18H27N5. The Bertz CT molecular complexity index is 632. The zero-order chi connectivity index (χ0) is 16.4. The van der Waals surface area contributed by atoms with E-state index in [1.54, 1.807) is 0 Å². The van der Waals surface area contributed by atoms with Gasteiger partial charge in [0.15, 0.2) is 5.82 Å². The minimum Gasteiger partial charge on any atom is -0.290 e. The molecule has 1 atom stereocenters. The van der Waals surface area contributed by atoms with Crippen LogP contribution in [0.5, 0.6) is 0 Å². The van der Waals surface area contributed by atoms with Crippen molar-refractivity contribution in [2.24, 2.45) is 0 Å². The Hall–Kier alpha value is -1.75. The van der Waals surface area contributed by atoms with E-state index in [9.17, 15) is 0 Å². The summed E-state index contributed by atoms with van der Waals surface area (Å²) < 4.78 is 1.98. The molecule has 1 aliphatic rings. The van der Waals surface area contributed by atoms with Crippen molar-refractivity contribution < 1.29 is 0 Å². The molecule has 23 heavy (non-hydrogen) atoms. The quantitative estimate of drug-likeness (QED) is 0.872. The van der Waals surface area contributed by atoms with Gasteiger partial charge >= 0.3 is 0 Å². The predicted octanol–water partition coefficient (Wildman–Crippen LogP) is 3.31. The summed E-state index contributed by atoms with van der Waals surface area (Å²) in [4.78, 5) is 2.53. The summed E-state index contributed by atoms with van der Waals surface area (Å²) in [6.07, 6.45) is 3.82. The molecule has 1 aromatic carbocycles. The topological polar surface area (TPSA) is 46.8 Å². The van der Waals surface area contributed by atoms with Crippen LogP contribution in [0.15, 0.2) is 24.3 Å². The standard InChI is InChI=1S/C18H27N5/c1-14-8-10-15(11-9-14)16(22-12-6-5-7-13-22)17-19-20-21-23(17)18(2,3)4/h8-11,16H,5-7,12-13H2,1-4H3/t16-/m0/s1. The van der Waals surface area contributed by atoms with Gasteiger partial charge in [0.2, 0.25) is 0 Å². The smallest absolute Gasteiger partial charge is 0.173 e. The lowest BCUT2D eigenvalue weighted by molar-refractivity contribution is 0.170. The van der Waals surface area contributed by atoms with Crippen LogP contribution in [0, 0.1) is 6.92 Å². The van der Waals surface area contributed by atoms with Crippen LogP contribution in [0.1, 0.15) is 63.0 Å². The molecule has 1 fully saturated rings. The molecule has 1 saturated heterocycles. The van der Waals surface area contributed by atoms with Crippen molar-refractivity contribution in [1.29, 1.82) is 0 Å². The van der Waals surface area contributed by atoms with E-state index < -0.39 is 0 Å². The van der Waals surface area contributed by atoms with Gasteiger partial charge in [-0.3, -0.25) is 4.90 Å². The first kappa shape index (κ1) is 16.1. The number of hydrogen-bond acceptors (Lipinski definition) is 4. The highest BCUT2D eigenvalue weighted by Gasteiger charge is 2.31.